The van der Waals surface area contributed by atoms with Gasteiger partial charge < -0.3 is 9.64 Å². The molecule has 188 valence electrons. The predicted molar refractivity (Wildman–Crippen MR) is 146 cm³/mol. The number of anilines is 1. The molecule has 2 aromatic rings. The van der Waals surface area contributed by atoms with Crippen LogP contribution in [0.15, 0.2) is 46.9 Å². The van der Waals surface area contributed by atoms with Gasteiger partial charge >= 0.3 is 0 Å². The van der Waals surface area contributed by atoms with Crippen LogP contribution in [0, 0.1) is 0 Å². The fraction of sp³-hybridized carbons (Fsp3) is 0.542. The fourth-order valence-electron chi connectivity index (χ4n) is 2.82. The quantitative estimate of drug-likeness (QED) is 0.209. The molecule has 9 heteroatoms. The Labute approximate surface area is 212 Å². The van der Waals surface area contributed by atoms with E-state index < -0.39 is 11.0 Å². The molecular formula is C24H40Cl2N4O2S. The minimum absolute atomic E-state index is 0.513. The normalized spacial score (nSPS) is 11.5. The molecule has 1 N–H and O–H groups in total. The summed E-state index contributed by atoms with van der Waals surface area (Å²) in [6.07, 6.45) is 4.47. The van der Waals surface area contributed by atoms with Crippen LogP contribution in [0.4, 0.5) is 5.82 Å². The van der Waals surface area contributed by atoms with Crippen molar-refractivity contribution in [3.63, 3.8) is 0 Å². The molecule has 0 aliphatic heterocycles. The molecule has 2 rings (SSSR count). The summed E-state index contributed by atoms with van der Waals surface area (Å²) >= 11 is 11.1. The highest BCUT2D eigenvalue weighted by Gasteiger charge is 2.17. The first-order valence-corrected chi connectivity index (χ1v) is 13.4. The van der Waals surface area contributed by atoms with Crippen LogP contribution in [-0.2, 0) is 22.3 Å². The number of halogens is 2. The lowest BCUT2D eigenvalue weighted by atomic mass is 10.2. The Morgan fingerprint density at radius 2 is 2.00 bits per heavy atom. The van der Waals surface area contributed by atoms with Crippen LogP contribution in [0.25, 0.3) is 10.9 Å². The number of fused-ring (bicyclic) bond motifs is 1. The zero-order valence-electron chi connectivity index (χ0n) is 20.9. The minimum Gasteiger partial charge on any atom is -0.383 e. The smallest absolute Gasteiger partial charge is 0.158 e. The molecule has 33 heavy (non-hydrogen) atoms. The number of nitrogens with zero attached hydrogens (tertiary/aromatic N) is 3. The molecule has 0 saturated carbocycles. The molecular weight excluding hydrogens is 479 g/mol. The van der Waals surface area contributed by atoms with Crippen molar-refractivity contribution >= 4 is 50.9 Å². The van der Waals surface area contributed by atoms with E-state index in [0.717, 1.165) is 34.7 Å². The molecule has 0 aliphatic rings. The van der Waals surface area contributed by atoms with Crippen LogP contribution in [0.3, 0.4) is 0 Å². The summed E-state index contributed by atoms with van der Waals surface area (Å²) in [5, 5.41) is 6.39. The van der Waals surface area contributed by atoms with Gasteiger partial charge in [0.05, 0.1) is 17.0 Å². The van der Waals surface area contributed by atoms with Crippen molar-refractivity contribution in [2.24, 2.45) is 0 Å². The van der Waals surface area contributed by atoms with Gasteiger partial charge in [-0.05, 0) is 39.0 Å². The second-order valence-electron chi connectivity index (χ2n) is 6.54. The summed E-state index contributed by atoms with van der Waals surface area (Å²) in [4.78, 5) is 2.92. The summed E-state index contributed by atoms with van der Waals surface area (Å²) < 4.78 is 22.4. The number of aromatic nitrogens is 2. The van der Waals surface area contributed by atoms with Crippen molar-refractivity contribution in [2.75, 3.05) is 44.1 Å². The van der Waals surface area contributed by atoms with Crippen molar-refractivity contribution in [3.8, 4) is 0 Å². The number of alkyl halides is 1. The van der Waals surface area contributed by atoms with Gasteiger partial charge in [0.2, 0.25) is 0 Å². The first kappa shape index (κ1) is 31.6. The third-order valence-electron chi connectivity index (χ3n) is 4.44. The number of rotatable bonds is 12. The first-order valence-electron chi connectivity index (χ1n) is 11.3. The fourth-order valence-corrected chi connectivity index (χ4v) is 3.93. The van der Waals surface area contributed by atoms with Gasteiger partial charge in [-0.2, -0.15) is 5.10 Å². The van der Waals surface area contributed by atoms with E-state index in [-0.39, 0.29) is 0 Å². The maximum Gasteiger partial charge on any atom is 0.158 e. The summed E-state index contributed by atoms with van der Waals surface area (Å²) in [6.45, 7) is 17.3. The van der Waals surface area contributed by atoms with Crippen LogP contribution in [0.1, 0.15) is 41.0 Å². The van der Waals surface area contributed by atoms with E-state index in [0.29, 0.717) is 37.0 Å². The van der Waals surface area contributed by atoms with Gasteiger partial charge in [-0.3, -0.25) is 4.68 Å². The Balaban J connectivity index is 0.00000129. The number of allylic oxidation sites excluding steroid dienone is 3. The van der Waals surface area contributed by atoms with Crippen molar-refractivity contribution in [1.82, 2.24) is 14.5 Å². The zero-order valence-corrected chi connectivity index (χ0v) is 23.2. The molecule has 0 aliphatic carbocycles. The van der Waals surface area contributed by atoms with Crippen molar-refractivity contribution in [2.45, 2.75) is 52.5 Å². The lowest BCUT2D eigenvalue weighted by Crippen LogP contribution is -2.23. The standard InChI is InChI=1S/C18H27ClN4O2S.C4H7Cl.C2H6/c1-5-22(6-2)18-16-13-15(26(24)20-10-12-25-4)7-8-17(16)23(21-18)11-9-14(3)19;1-2-3-4-5;1-2/h7-8,13,20H,3,5-6,9-12H2,1-2,4H3;2-3H,4H2,1H3;1-2H3/b;3-2-;. The monoisotopic (exact) mass is 518 g/mol. The molecule has 0 amide bonds. The third-order valence-corrected chi connectivity index (χ3v) is 5.95. The largest absolute Gasteiger partial charge is 0.383 e. The van der Waals surface area contributed by atoms with E-state index in [1.165, 1.54) is 0 Å². The Morgan fingerprint density at radius 3 is 2.48 bits per heavy atom. The number of benzene rings is 1. The second-order valence-corrected chi connectivity index (χ2v) is 8.69. The van der Waals surface area contributed by atoms with E-state index in [4.69, 9.17) is 33.0 Å². The van der Waals surface area contributed by atoms with Crippen LogP contribution < -0.4 is 9.62 Å². The molecule has 6 nitrogen and oxygen atoms in total. The second kappa shape index (κ2) is 19.0. The highest BCUT2D eigenvalue weighted by atomic mass is 35.5. The van der Waals surface area contributed by atoms with E-state index in [2.05, 4.69) is 30.0 Å². The topological polar surface area (TPSA) is 59.4 Å². The van der Waals surface area contributed by atoms with Gasteiger partial charge in [0.15, 0.2) is 5.82 Å². The van der Waals surface area contributed by atoms with Crippen molar-refractivity contribution in [1.29, 1.82) is 0 Å². The maximum atomic E-state index is 12.5. The molecule has 0 radical (unpaired) electrons. The minimum atomic E-state index is -1.29. The number of hydrogen-bond donors (Lipinski definition) is 1. The Hall–Kier alpha value is -1.38. The van der Waals surface area contributed by atoms with Gasteiger partial charge in [-0.1, -0.05) is 44.2 Å². The third kappa shape index (κ3) is 11.1. The molecule has 1 aromatic heterocycles. The van der Waals surface area contributed by atoms with Crippen LogP contribution >= 0.6 is 23.2 Å². The molecule has 1 atom stereocenters. The number of methoxy groups -OCH3 is 1. The number of ether oxygens (including phenoxy) is 1. The predicted octanol–water partition coefficient (Wildman–Crippen LogP) is 6.11. The molecule has 1 aromatic carbocycles. The molecule has 1 heterocycles. The van der Waals surface area contributed by atoms with Gasteiger partial charge in [0.25, 0.3) is 0 Å². The van der Waals surface area contributed by atoms with Gasteiger partial charge in [0.1, 0.15) is 11.0 Å². The number of hydrogen-bond acceptors (Lipinski definition) is 4. The van der Waals surface area contributed by atoms with E-state index in [1.807, 2.05) is 55.8 Å². The highest BCUT2D eigenvalue weighted by molar-refractivity contribution is 7.83. The van der Waals surface area contributed by atoms with Crippen molar-refractivity contribution < 1.29 is 8.95 Å². The lowest BCUT2D eigenvalue weighted by molar-refractivity contribution is 0.205. The lowest BCUT2D eigenvalue weighted by Gasteiger charge is -2.18. The van der Waals surface area contributed by atoms with Gasteiger partial charge in [0, 0.05) is 56.0 Å². The van der Waals surface area contributed by atoms with E-state index >= 15 is 0 Å². The van der Waals surface area contributed by atoms with Crippen LogP contribution in [0.5, 0.6) is 0 Å². The molecule has 0 saturated heterocycles. The van der Waals surface area contributed by atoms with Crippen LogP contribution in [0.2, 0.25) is 0 Å². The SMILES string of the molecule is C/C=C\CCl.C=C(Cl)CCn1nc(N(CC)CC)c2cc(S(=O)NCCOC)ccc21.CC. The molecule has 1 unspecified atom stereocenters. The average Bonchev–Trinajstić information content (AvgIpc) is 3.18. The molecule has 0 fully saturated rings. The number of nitrogens with one attached hydrogen (secondary N) is 1. The molecule has 0 bridgehead atoms. The highest BCUT2D eigenvalue weighted by Crippen LogP contribution is 2.28. The summed E-state index contributed by atoms with van der Waals surface area (Å²) in [5.41, 5.74) is 1.00. The summed E-state index contributed by atoms with van der Waals surface area (Å²) in [7, 11) is 0.333. The van der Waals surface area contributed by atoms with Crippen molar-refractivity contribution in [3.05, 3.63) is 42.0 Å². The Kier molecular flexibility index (Phi) is 18.2. The van der Waals surface area contributed by atoms with E-state index in [1.54, 1.807) is 7.11 Å². The molecule has 0 spiro atoms. The van der Waals surface area contributed by atoms with E-state index in [9.17, 15) is 4.21 Å². The zero-order chi connectivity index (χ0) is 25.2. The van der Waals surface area contributed by atoms with Gasteiger partial charge in [-0.25, -0.2) is 8.93 Å². The Morgan fingerprint density at radius 1 is 1.33 bits per heavy atom. The summed E-state index contributed by atoms with van der Waals surface area (Å²) in [5.74, 6) is 1.54. The van der Waals surface area contributed by atoms with Gasteiger partial charge in [-0.15, -0.1) is 11.6 Å². The van der Waals surface area contributed by atoms with Crippen LogP contribution in [-0.4, -0.2) is 53.2 Å². The average molecular weight is 520 g/mol. The maximum absolute atomic E-state index is 12.5. The Bertz CT molecular complexity index is 868. The summed E-state index contributed by atoms with van der Waals surface area (Å²) in [6, 6.07) is 5.80. The first-order chi connectivity index (χ1) is 15.9. The number of aryl methyl sites for hydroxylation is 1.